The Morgan fingerprint density at radius 3 is 2.69 bits per heavy atom. The van der Waals surface area contributed by atoms with Crippen molar-refractivity contribution in [2.45, 2.75) is 13.5 Å². The smallest absolute Gasteiger partial charge is 0.0995 e. The van der Waals surface area contributed by atoms with Gasteiger partial charge in [-0.15, -0.1) is 0 Å². The normalized spacial score (nSPS) is 10.0. The molecule has 0 atom stereocenters. The molecule has 0 aliphatic carbocycles. The summed E-state index contributed by atoms with van der Waals surface area (Å²) >= 11 is 0. The van der Waals surface area contributed by atoms with Gasteiger partial charge in [0.15, 0.2) is 0 Å². The molecule has 0 aliphatic heterocycles. The third-order valence-electron chi connectivity index (χ3n) is 2.12. The van der Waals surface area contributed by atoms with E-state index in [9.17, 15) is 0 Å². The quantitative estimate of drug-likeness (QED) is 0.701. The van der Waals surface area contributed by atoms with Crippen molar-refractivity contribution in [2.75, 3.05) is 13.6 Å². The Kier molecular flexibility index (Phi) is 3.48. The summed E-state index contributed by atoms with van der Waals surface area (Å²) in [6.07, 6.45) is 0. The summed E-state index contributed by atoms with van der Waals surface area (Å²) in [5.41, 5.74) is 1.89. The fourth-order valence-corrected chi connectivity index (χ4v) is 1.17. The molecule has 68 valence electrons. The van der Waals surface area contributed by atoms with Crippen molar-refractivity contribution in [3.63, 3.8) is 0 Å². The van der Waals surface area contributed by atoms with E-state index >= 15 is 0 Å². The van der Waals surface area contributed by atoms with Crippen LogP contribution in [0.25, 0.3) is 0 Å². The lowest BCUT2D eigenvalue weighted by molar-refractivity contribution is 0.345. The zero-order valence-electron chi connectivity index (χ0n) is 8.12. The van der Waals surface area contributed by atoms with Crippen LogP contribution in [-0.4, -0.2) is 18.5 Å². The molecule has 0 bridgehead atoms. The summed E-state index contributed by atoms with van der Waals surface area (Å²) in [4.78, 5) is 2.18. The van der Waals surface area contributed by atoms with Gasteiger partial charge in [0.25, 0.3) is 0 Å². The fraction of sp³-hybridized carbons (Fsp3) is 0.364. The second-order valence-corrected chi connectivity index (χ2v) is 3.10. The third-order valence-corrected chi connectivity index (χ3v) is 2.12. The number of rotatable bonds is 3. The molecule has 0 saturated heterocycles. The Balaban J connectivity index is 2.82. The van der Waals surface area contributed by atoms with Crippen LogP contribution in [0, 0.1) is 11.3 Å². The minimum absolute atomic E-state index is 0.780. The lowest BCUT2D eigenvalue weighted by Crippen LogP contribution is -2.17. The van der Waals surface area contributed by atoms with Gasteiger partial charge in [-0.1, -0.05) is 25.1 Å². The van der Waals surface area contributed by atoms with E-state index in [4.69, 9.17) is 5.26 Å². The predicted octanol–water partition coefficient (Wildman–Crippen LogP) is 2.01. The second-order valence-electron chi connectivity index (χ2n) is 3.10. The zero-order chi connectivity index (χ0) is 9.68. The number of hydrogen-bond acceptors (Lipinski definition) is 2. The van der Waals surface area contributed by atoms with Gasteiger partial charge in [-0.05, 0) is 25.2 Å². The molecular weight excluding hydrogens is 160 g/mol. The van der Waals surface area contributed by atoms with Gasteiger partial charge in [-0.2, -0.15) is 5.26 Å². The van der Waals surface area contributed by atoms with E-state index in [0.717, 1.165) is 24.2 Å². The average molecular weight is 174 g/mol. The molecule has 0 N–H and O–H groups in total. The molecule has 0 spiro atoms. The van der Waals surface area contributed by atoms with Gasteiger partial charge in [0, 0.05) is 6.54 Å². The maximum atomic E-state index is 8.84. The average Bonchev–Trinajstić information content (AvgIpc) is 2.18. The van der Waals surface area contributed by atoms with Crippen LogP contribution >= 0.6 is 0 Å². The first-order chi connectivity index (χ1) is 6.27. The molecule has 0 aromatic heterocycles. The number of nitriles is 1. The van der Waals surface area contributed by atoms with E-state index in [-0.39, 0.29) is 0 Å². The monoisotopic (exact) mass is 174 g/mol. The van der Waals surface area contributed by atoms with Gasteiger partial charge in [0.05, 0.1) is 11.6 Å². The topological polar surface area (TPSA) is 27.0 Å². The Morgan fingerprint density at radius 2 is 2.08 bits per heavy atom. The van der Waals surface area contributed by atoms with Crippen molar-refractivity contribution in [3.8, 4) is 6.07 Å². The van der Waals surface area contributed by atoms with E-state index < -0.39 is 0 Å². The van der Waals surface area contributed by atoms with Gasteiger partial charge < -0.3 is 4.90 Å². The van der Waals surface area contributed by atoms with Crippen LogP contribution in [0.5, 0.6) is 0 Å². The van der Waals surface area contributed by atoms with E-state index in [1.54, 1.807) is 0 Å². The SMILES string of the molecule is CCN(C)Cc1ccccc1C#N. The molecule has 0 unspecified atom stereocenters. The van der Waals surface area contributed by atoms with Crippen LogP contribution in [0.4, 0.5) is 0 Å². The molecule has 0 heterocycles. The summed E-state index contributed by atoms with van der Waals surface area (Å²) in [6.45, 7) is 3.95. The summed E-state index contributed by atoms with van der Waals surface area (Å²) in [5.74, 6) is 0. The van der Waals surface area contributed by atoms with Crippen LogP contribution in [0.1, 0.15) is 18.1 Å². The predicted molar refractivity (Wildman–Crippen MR) is 53.2 cm³/mol. The first-order valence-corrected chi connectivity index (χ1v) is 4.44. The zero-order valence-corrected chi connectivity index (χ0v) is 8.12. The van der Waals surface area contributed by atoms with Crippen molar-refractivity contribution in [3.05, 3.63) is 35.4 Å². The summed E-state index contributed by atoms with van der Waals surface area (Å²) in [5, 5.41) is 8.84. The van der Waals surface area contributed by atoms with Crippen molar-refractivity contribution >= 4 is 0 Å². The first kappa shape index (κ1) is 9.76. The highest BCUT2D eigenvalue weighted by Gasteiger charge is 2.02. The van der Waals surface area contributed by atoms with Gasteiger partial charge >= 0.3 is 0 Å². The van der Waals surface area contributed by atoms with Gasteiger partial charge in [-0.25, -0.2) is 0 Å². The van der Waals surface area contributed by atoms with Crippen molar-refractivity contribution < 1.29 is 0 Å². The number of hydrogen-bond donors (Lipinski definition) is 0. The maximum Gasteiger partial charge on any atom is 0.0995 e. The molecule has 1 rings (SSSR count). The molecule has 0 amide bonds. The minimum Gasteiger partial charge on any atom is -0.302 e. The van der Waals surface area contributed by atoms with E-state index in [2.05, 4.69) is 17.9 Å². The Hall–Kier alpha value is -1.33. The molecule has 0 fully saturated rings. The van der Waals surface area contributed by atoms with Crippen molar-refractivity contribution in [2.24, 2.45) is 0 Å². The minimum atomic E-state index is 0.780. The molecule has 2 heteroatoms. The van der Waals surface area contributed by atoms with E-state index in [1.165, 1.54) is 0 Å². The van der Waals surface area contributed by atoms with Crippen LogP contribution in [-0.2, 0) is 6.54 Å². The van der Waals surface area contributed by atoms with Crippen molar-refractivity contribution in [1.82, 2.24) is 4.90 Å². The molecule has 13 heavy (non-hydrogen) atoms. The van der Waals surface area contributed by atoms with Crippen LogP contribution in [0.2, 0.25) is 0 Å². The highest BCUT2D eigenvalue weighted by atomic mass is 15.1. The molecular formula is C11H14N2. The van der Waals surface area contributed by atoms with E-state index in [0.29, 0.717) is 0 Å². The van der Waals surface area contributed by atoms with Gasteiger partial charge in [0.1, 0.15) is 0 Å². The summed E-state index contributed by atoms with van der Waals surface area (Å²) < 4.78 is 0. The number of nitrogens with zero attached hydrogens (tertiary/aromatic N) is 2. The highest BCUT2D eigenvalue weighted by Crippen LogP contribution is 2.09. The Morgan fingerprint density at radius 1 is 1.38 bits per heavy atom. The molecule has 2 nitrogen and oxygen atoms in total. The fourth-order valence-electron chi connectivity index (χ4n) is 1.17. The lowest BCUT2D eigenvalue weighted by Gasteiger charge is -2.14. The van der Waals surface area contributed by atoms with Crippen molar-refractivity contribution in [1.29, 1.82) is 5.26 Å². The maximum absolute atomic E-state index is 8.84. The Labute approximate surface area is 79.4 Å². The van der Waals surface area contributed by atoms with Gasteiger partial charge in [-0.3, -0.25) is 0 Å². The Bertz CT molecular complexity index is 312. The highest BCUT2D eigenvalue weighted by molar-refractivity contribution is 5.37. The first-order valence-electron chi connectivity index (χ1n) is 4.44. The second kappa shape index (κ2) is 4.64. The molecule has 0 saturated carbocycles. The molecule has 1 aromatic carbocycles. The summed E-state index contributed by atoms with van der Waals surface area (Å²) in [6, 6.07) is 9.93. The van der Waals surface area contributed by atoms with E-state index in [1.807, 2.05) is 31.3 Å². The molecule has 0 aliphatic rings. The summed E-state index contributed by atoms with van der Waals surface area (Å²) in [7, 11) is 2.05. The lowest BCUT2D eigenvalue weighted by atomic mass is 10.1. The largest absolute Gasteiger partial charge is 0.302 e. The van der Waals surface area contributed by atoms with Gasteiger partial charge in [0.2, 0.25) is 0 Å². The van der Waals surface area contributed by atoms with Crippen LogP contribution in [0.3, 0.4) is 0 Å². The standard InChI is InChI=1S/C11H14N2/c1-3-13(2)9-11-7-5-4-6-10(11)8-12/h4-7H,3,9H2,1-2H3. The van der Waals surface area contributed by atoms with Crippen LogP contribution < -0.4 is 0 Å². The number of benzene rings is 1. The molecule has 1 aromatic rings. The molecule has 0 radical (unpaired) electrons. The third kappa shape index (κ3) is 2.57. The van der Waals surface area contributed by atoms with Crippen LogP contribution in [0.15, 0.2) is 24.3 Å².